The third-order valence-corrected chi connectivity index (χ3v) is 3.44. The molecule has 0 aliphatic rings. The van der Waals surface area contributed by atoms with Crippen molar-refractivity contribution < 1.29 is 9.90 Å². The molecule has 3 nitrogen and oxygen atoms in total. The van der Waals surface area contributed by atoms with Crippen LogP contribution >= 0.6 is 0 Å². The number of aromatic carboxylic acids is 1. The number of benzene rings is 1. The van der Waals surface area contributed by atoms with Gasteiger partial charge >= 0.3 is 5.97 Å². The Bertz CT molecular complexity index is 617. The van der Waals surface area contributed by atoms with Gasteiger partial charge in [0.1, 0.15) is 0 Å². The summed E-state index contributed by atoms with van der Waals surface area (Å²) >= 11 is 0. The van der Waals surface area contributed by atoms with Gasteiger partial charge in [-0.1, -0.05) is 33.8 Å². The normalized spacial score (nSPS) is 12.0. The molecule has 2 rings (SSSR count). The summed E-state index contributed by atoms with van der Waals surface area (Å²) in [6.07, 6.45) is 2.74. The van der Waals surface area contributed by atoms with Crippen LogP contribution < -0.4 is 0 Å². The van der Waals surface area contributed by atoms with Crippen LogP contribution in [0.2, 0.25) is 0 Å². The van der Waals surface area contributed by atoms with Gasteiger partial charge in [0.25, 0.3) is 0 Å². The van der Waals surface area contributed by atoms with Crippen LogP contribution in [0.25, 0.3) is 10.9 Å². The molecule has 19 heavy (non-hydrogen) atoms. The monoisotopic (exact) mass is 259 g/mol. The molecule has 0 spiro atoms. The fourth-order valence-electron chi connectivity index (χ4n) is 2.36. The predicted octanol–water partition coefficient (Wildman–Crippen LogP) is 4.05. The summed E-state index contributed by atoms with van der Waals surface area (Å²) in [7, 11) is 0. The summed E-state index contributed by atoms with van der Waals surface area (Å²) in [5.74, 6) is -0.856. The van der Waals surface area contributed by atoms with E-state index in [9.17, 15) is 9.90 Å². The van der Waals surface area contributed by atoms with E-state index in [0.717, 1.165) is 29.4 Å². The summed E-state index contributed by atoms with van der Waals surface area (Å²) in [5.41, 5.74) is 2.59. The maximum Gasteiger partial charge on any atom is 0.337 e. The highest BCUT2D eigenvalue weighted by molar-refractivity contribution is 6.03. The molecule has 3 heteroatoms. The Morgan fingerprint density at radius 2 is 2.00 bits per heavy atom. The van der Waals surface area contributed by atoms with Crippen molar-refractivity contribution >= 4 is 16.9 Å². The van der Waals surface area contributed by atoms with Crippen molar-refractivity contribution in [3.05, 3.63) is 35.5 Å². The van der Waals surface area contributed by atoms with E-state index in [4.69, 9.17) is 0 Å². The van der Waals surface area contributed by atoms with Gasteiger partial charge in [-0.2, -0.15) is 0 Å². The first-order valence-corrected chi connectivity index (χ1v) is 6.71. The van der Waals surface area contributed by atoms with Crippen LogP contribution in [0.3, 0.4) is 0 Å². The van der Waals surface area contributed by atoms with Crippen LogP contribution in [0, 0.1) is 0 Å². The summed E-state index contributed by atoms with van der Waals surface area (Å²) in [6.45, 7) is 9.35. The zero-order valence-corrected chi connectivity index (χ0v) is 12.0. The van der Waals surface area contributed by atoms with Crippen LogP contribution in [0.15, 0.2) is 24.4 Å². The van der Waals surface area contributed by atoms with E-state index >= 15 is 0 Å². The van der Waals surface area contributed by atoms with Crippen molar-refractivity contribution in [2.45, 2.75) is 46.1 Å². The van der Waals surface area contributed by atoms with Crippen molar-refractivity contribution in [1.82, 2.24) is 4.57 Å². The summed E-state index contributed by atoms with van der Waals surface area (Å²) in [6, 6.07) is 6.16. The van der Waals surface area contributed by atoms with Crippen molar-refractivity contribution in [2.24, 2.45) is 0 Å². The average Bonchev–Trinajstić information content (AvgIpc) is 2.67. The average molecular weight is 259 g/mol. The van der Waals surface area contributed by atoms with Gasteiger partial charge in [-0.25, -0.2) is 4.79 Å². The van der Waals surface area contributed by atoms with Crippen LogP contribution in [-0.2, 0) is 12.0 Å². The van der Waals surface area contributed by atoms with Crippen molar-refractivity contribution in [3.63, 3.8) is 0 Å². The second-order valence-corrected chi connectivity index (χ2v) is 6.02. The van der Waals surface area contributed by atoms with Crippen molar-refractivity contribution in [2.75, 3.05) is 0 Å². The molecule has 1 aromatic carbocycles. The molecule has 0 atom stereocenters. The minimum atomic E-state index is -0.856. The van der Waals surface area contributed by atoms with Crippen LogP contribution in [0.4, 0.5) is 0 Å². The number of hydrogen-bond acceptors (Lipinski definition) is 1. The van der Waals surface area contributed by atoms with Gasteiger partial charge in [0, 0.05) is 23.6 Å². The van der Waals surface area contributed by atoms with E-state index < -0.39 is 5.97 Å². The largest absolute Gasteiger partial charge is 0.478 e. The fraction of sp³-hybridized carbons (Fsp3) is 0.438. The van der Waals surface area contributed by atoms with E-state index in [1.165, 1.54) is 0 Å². The minimum absolute atomic E-state index is 0.0246. The summed E-state index contributed by atoms with van der Waals surface area (Å²) in [4.78, 5) is 11.4. The molecule has 0 unspecified atom stereocenters. The number of fused-ring (bicyclic) bond motifs is 1. The summed E-state index contributed by atoms with van der Waals surface area (Å²) < 4.78 is 2.03. The highest BCUT2D eigenvalue weighted by atomic mass is 16.4. The lowest BCUT2D eigenvalue weighted by Gasteiger charge is -2.19. The second-order valence-electron chi connectivity index (χ2n) is 6.02. The van der Waals surface area contributed by atoms with Crippen LogP contribution in [0.1, 0.15) is 50.0 Å². The highest BCUT2D eigenvalue weighted by Gasteiger charge is 2.18. The quantitative estimate of drug-likeness (QED) is 0.903. The molecule has 1 aromatic heterocycles. The molecule has 0 bridgehead atoms. The molecule has 1 heterocycles. The molecular weight excluding hydrogens is 238 g/mol. The first kappa shape index (κ1) is 13.7. The molecule has 1 N–H and O–H groups in total. The van der Waals surface area contributed by atoms with Gasteiger partial charge in [0.15, 0.2) is 0 Å². The smallest absolute Gasteiger partial charge is 0.337 e. The fourth-order valence-corrected chi connectivity index (χ4v) is 2.36. The second kappa shape index (κ2) is 4.72. The van der Waals surface area contributed by atoms with E-state index in [2.05, 4.69) is 33.8 Å². The first-order valence-electron chi connectivity index (χ1n) is 6.71. The van der Waals surface area contributed by atoms with Gasteiger partial charge in [0.05, 0.1) is 5.56 Å². The van der Waals surface area contributed by atoms with Crippen molar-refractivity contribution in [1.29, 1.82) is 0 Å². The maximum absolute atomic E-state index is 11.4. The number of aromatic nitrogens is 1. The van der Waals surface area contributed by atoms with E-state index in [1.54, 1.807) is 6.20 Å². The van der Waals surface area contributed by atoms with Crippen LogP contribution in [-0.4, -0.2) is 15.6 Å². The first-order chi connectivity index (χ1) is 8.84. The van der Waals surface area contributed by atoms with Crippen molar-refractivity contribution in [3.8, 4) is 0 Å². The van der Waals surface area contributed by atoms with E-state index in [1.807, 2.05) is 16.7 Å². The lowest BCUT2D eigenvalue weighted by atomic mass is 9.86. The third kappa shape index (κ3) is 2.50. The molecule has 0 aliphatic heterocycles. The van der Waals surface area contributed by atoms with E-state index in [0.29, 0.717) is 5.56 Å². The number of carboxylic acid groups (broad SMARTS) is 1. The molecule has 0 radical (unpaired) electrons. The van der Waals surface area contributed by atoms with Gasteiger partial charge in [-0.05, 0) is 29.5 Å². The number of aryl methyl sites for hydroxylation is 1. The van der Waals surface area contributed by atoms with Gasteiger partial charge in [-0.15, -0.1) is 0 Å². The third-order valence-electron chi connectivity index (χ3n) is 3.44. The number of hydrogen-bond donors (Lipinski definition) is 1. The van der Waals surface area contributed by atoms with E-state index in [-0.39, 0.29) is 5.41 Å². The number of carboxylic acids is 1. The Morgan fingerprint density at radius 3 is 2.53 bits per heavy atom. The number of rotatable bonds is 3. The molecular formula is C16H21NO2. The van der Waals surface area contributed by atoms with Gasteiger partial charge in [-0.3, -0.25) is 0 Å². The van der Waals surface area contributed by atoms with Crippen LogP contribution in [0.5, 0.6) is 0 Å². The highest BCUT2D eigenvalue weighted by Crippen LogP contribution is 2.29. The minimum Gasteiger partial charge on any atom is -0.478 e. The molecule has 0 saturated heterocycles. The molecule has 0 fully saturated rings. The zero-order valence-electron chi connectivity index (χ0n) is 12.0. The molecule has 102 valence electrons. The van der Waals surface area contributed by atoms with Gasteiger partial charge < -0.3 is 9.67 Å². The molecule has 0 saturated carbocycles. The lowest BCUT2D eigenvalue weighted by Crippen LogP contribution is -2.10. The molecule has 2 aromatic rings. The lowest BCUT2D eigenvalue weighted by molar-refractivity contribution is 0.0698. The van der Waals surface area contributed by atoms with Gasteiger partial charge in [0.2, 0.25) is 0 Å². The molecule has 0 amide bonds. The molecule has 0 aliphatic carbocycles. The number of nitrogens with zero attached hydrogens (tertiary/aromatic N) is 1. The Hall–Kier alpha value is -1.77. The zero-order chi connectivity index (χ0) is 14.2. The summed E-state index contributed by atoms with van der Waals surface area (Å²) in [5, 5.41) is 10.2. The Kier molecular flexibility index (Phi) is 3.40. The maximum atomic E-state index is 11.4. The Labute approximate surface area is 113 Å². The standard InChI is InChI=1S/C16H21NO2/c1-5-8-17-10-13(15(18)19)12-9-11(16(2,3)4)6-7-14(12)17/h6-7,9-10H,5,8H2,1-4H3,(H,18,19). The Balaban J connectivity index is 2.69. The Morgan fingerprint density at radius 1 is 1.32 bits per heavy atom. The SMILES string of the molecule is CCCn1cc(C(=O)O)c2cc(C(C)(C)C)ccc21. The number of carbonyl (C=O) groups is 1. The predicted molar refractivity (Wildman–Crippen MR) is 77.9 cm³/mol. The topological polar surface area (TPSA) is 42.2 Å².